The van der Waals surface area contributed by atoms with Crippen molar-refractivity contribution in [3.63, 3.8) is 0 Å². The third-order valence-electron chi connectivity index (χ3n) is 4.47. The molecule has 4 rings (SSSR count). The Morgan fingerprint density at radius 1 is 1.19 bits per heavy atom. The van der Waals surface area contributed by atoms with E-state index in [1.54, 1.807) is 18.4 Å². The molecule has 0 spiro atoms. The second-order valence-electron chi connectivity index (χ2n) is 6.14. The first-order chi connectivity index (χ1) is 12.8. The molecule has 1 saturated carbocycles. The summed E-state index contributed by atoms with van der Waals surface area (Å²) in [6, 6.07) is 9.57. The number of pyridine rings is 1. The first kappa shape index (κ1) is 17.1. The second kappa shape index (κ2) is 7.52. The average molecular weight is 386 g/mol. The van der Waals surface area contributed by atoms with Crippen LogP contribution >= 0.6 is 23.4 Å². The second-order valence-corrected chi connectivity index (χ2v) is 7.53. The van der Waals surface area contributed by atoms with Crippen LogP contribution in [0.15, 0.2) is 45.1 Å². The molecule has 1 aliphatic rings. The Labute approximate surface area is 160 Å². The highest BCUT2D eigenvalue weighted by atomic mass is 35.5. The Morgan fingerprint density at radius 2 is 2.04 bits per heavy atom. The summed E-state index contributed by atoms with van der Waals surface area (Å²) in [5.41, 5.74) is 0.214. The standard InChI is InChI=1S/C18H16ClN5OS/c19-13-8-9-16(21-14(13)11-20)26-18-23-22-17(15-7-4-10-25-15)24(18)12-5-2-1-3-6-12/h4,7-10,12H,1-3,5-6H2. The van der Waals surface area contributed by atoms with Crippen molar-refractivity contribution in [1.29, 1.82) is 5.26 Å². The van der Waals surface area contributed by atoms with E-state index in [0.717, 1.165) is 23.8 Å². The summed E-state index contributed by atoms with van der Waals surface area (Å²) < 4.78 is 7.72. The largest absolute Gasteiger partial charge is 0.461 e. The molecule has 1 fully saturated rings. The normalized spacial score (nSPS) is 15.1. The van der Waals surface area contributed by atoms with Crippen LogP contribution in [0, 0.1) is 11.3 Å². The van der Waals surface area contributed by atoms with Crippen LogP contribution in [0.3, 0.4) is 0 Å². The van der Waals surface area contributed by atoms with Gasteiger partial charge in [-0.15, -0.1) is 10.2 Å². The van der Waals surface area contributed by atoms with Gasteiger partial charge < -0.3 is 4.42 Å². The molecule has 0 unspecified atom stereocenters. The quantitative estimate of drug-likeness (QED) is 0.620. The molecule has 0 saturated heterocycles. The van der Waals surface area contributed by atoms with Gasteiger partial charge in [0.05, 0.1) is 11.3 Å². The summed E-state index contributed by atoms with van der Waals surface area (Å²) in [4.78, 5) is 4.31. The molecule has 0 aliphatic heterocycles. The lowest BCUT2D eigenvalue weighted by molar-refractivity contribution is 0.337. The minimum Gasteiger partial charge on any atom is -0.461 e. The first-order valence-corrected chi connectivity index (χ1v) is 9.69. The number of hydrogen-bond acceptors (Lipinski definition) is 6. The Balaban J connectivity index is 1.73. The molecule has 6 nitrogen and oxygen atoms in total. The van der Waals surface area contributed by atoms with Gasteiger partial charge in [-0.3, -0.25) is 4.57 Å². The van der Waals surface area contributed by atoms with Crippen LogP contribution in [-0.4, -0.2) is 19.7 Å². The van der Waals surface area contributed by atoms with E-state index in [1.165, 1.54) is 31.0 Å². The lowest BCUT2D eigenvalue weighted by Crippen LogP contribution is -2.15. The molecule has 3 aromatic rings. The van der Waals surface area contributed by atoms with E-state index >= 15 is 0 Å². The molecule has 132 valence electrons. The predicted molar refractivity (Wildman–Crippen MR) is 97.9 cm³/mol. The van der Waals surface area contributed by atoms with E-state index < -0.39 is 0 Å². The van der Waals surface area contributed by atoms with Gasteiger partial charge in [0.2, 0.25) is 5.82 Å². The van der Waals surface area contributed by atoms with Crippen LogP contribution in [0.2, 0.25) is 5.02 Å². The first-order valence-electron chi connectivity index (χ1n) is 8.49. The summed E-state index contributed by atoms with van der Waals surface area (Å²) in [5.74, 6) is 1.44. The van der Waals surface area contributed by atoms with Crippen LogP contribution < -0.4 is 0 Å². The number of furan rings is 1. The maximum Gasteiger partial charge on any atom is 0.200 e. The van der Waals surface area contributed by atoms with Crippen molar-refractivity contribution in [2.45, 2.75) is 48.3 Å². The number of nitriles is 1. The zero-order chi connectivity index (χ0) is 17.9. The fourth-order valence-corrected chi connectivity index (χ4v) is 4.26. The van der Waals surface area contributed by atoms with Crippen LogP contribution in [0.1, 0.15) is 43.8 Å². The van der Waals surface area contributed by atoms with E-state index in [9.17, 15) is 0 Å². The predicted octanol–water partition coefficient (Wildman–Crippen LogP) is 5.11. The van der Waals surface area contributed by atoms with Crippen LogP contribution in [0.5, 0.6) is 0 Å². The summed E-state index contributed by atoms with van der Waals surface area (Å²) >= 11 is 7.38. The summed E-state index contributed by atoms with van der Waals surface area (Å²) in [6.45, 7) is 0. The number of halogens is 1. The van der Waals surface area contributed by atoms with Crippen molar-refractivity contribution in [3.05, 3.63) is 41.2 Å². The van der Waals surface area contributed by atoms with Gasteiger partial charge in [-0.1, -0.05) is 30.9 Å². The van der Waals surface area contributed by atoms with Crippen LogP contribution in [0.4, 0.5) is 0 Å². The van der Waals surface area contributed by atoms with Crippen molar-refractivity contribution < 1.29 is 4.42 Å². The molecule has 3 aromatic heterocycles. The fraction of sp³-hybridized carbons (Fsp3) is 0.333. The molecule has 0 aromatic carbocycles. The molecular formula is C18H16ClN5OS. The van der Waals surface area contributed by atoms with Gasteiger partial charge in [-0.05, 0) is 48.9 Å². The SMILES string of the molecule is N#Cc1nc(Sc2nnc(-c3ccco3)n2C2CCCCC2)ccc1Cl. The Kier molecular flexibility index (Phi) is 4.96. The molecule has 0 amide bonds. The zero-order valence-corrected chi connectivity index (χ0v) is 15.5. The van der Waals surface area contributed by atoms with Crippen molar-refractivity contribution in [3.8, 4) is 17.7 Å². The Bertz CT molecular complexity index is 941. The summed E-state index contributed by atoms with van der Waals surface area (Å²) in [5, 5.41) is 19.7. The third kappa shape index (κ3) is 3.35. The fourth-order valence-electron chi connectivity index (χ4n) is 3.24. The summed E-state index contributed by atoms with van der Waals surface area (Å²) in [6.07, 6.45) is 7.49. The highest BCUT2D eigenvalue weighted by Gasteiger charge is 2.25. The van der Waals surface area contributed by atoms with Gasteiger partial charge >= 0.3 is 0 Å². The maximum absolute atomic E-state index is 9.14. The maximum atomic E-state index is 9.14. The van der Waals surface area contributed by atoms with E-state index in [2.05, 4.69) is 19.7 Å². The molecule has 8 heteroatoms. The average Bonchev–Trinajstić information content (AvgIpc) is 3.33. The van der Waals surface area contributed by atoms with Gasteiger partial charge in [0.25, 0.3) is 0 Å². The van der Waals surface area contributed by atoms with Gasteiger partial charge in [-0.25, -0.2) is 4.98 Å². The molecular weight excluding hydrogens is 370 g/mol. The van der Waals surface area contributed by atoms with E-state index in [0.29, 0.717) is 21.9 Å². The lowest BCUT2D eigenvalue weighted by atomic mass is 9.95. The highest BCUT2D eigenvalue weighted by Crippen LogP contribution is 2.37. The lowest BCUT2D eigenvalue weighted by Gasteiger charge is -2.25. The van der Waals surface area contributed by atoms with E-state index in [4.69, 9.17) is 21.3 Å². The van der Waals surface area contributed by atoms with E-state index in [-0.39, 0.29) is 5.69 Å². The molecule has 1 aliphatic carbocycles. The number of rotatable bonds is 4. The molecule has 26 heavy (non-hydrogen) atoms. The number of aromatic nitrogens is 4. The smallest absolute Gasteiger partial charge is 0.200 e. The third-order valence-corrected chi connectivity index (χ3v) is 5.67. The van der Waals surface area contributed by atoms with Crippen LogP contribution in [-0.2, 0) is 0 Å². The zero-order valence-electron chi connectivity index (χ0n) is 13.9. The van der Waals surface area contributed by atoms with Crippen molar-refractivity contribution in [1.82, 2.24) is 19.7 Å². The Hall–Kier alpha value is -2.30. The summed E-state index contributed by atoms with van der Waals surface area (Å²) in [7, 11) is 0. The molecule has 0 bridgehead atoms. The van der Waals surface area contributed by atoms with Gasteiger partial charge in [0, 0.05) is 6.04 Å². The van der Waals surface area contributed by atoms with Crippen LogP contribution in [0.25, 0.3) is 11.6 Å². The van der Waals surface area contributed by atoms with Crippen molar-refractivity contribution >= 4 is 23.4 Å². The highest BCUT2D eigenvalue weighted by molar-refractivity contribution is 7.99. The van der Waals surface area contributed by atoms with Crippen molar-refractivity contribution in [2.24, 2.45) is 0 Å². The minimum atomic E-state index is 0.214. The Morgan fingerprint density at radius 3 is 2.77 bits per heavy atom. The molecule has 0 N–H and O–H groups in total. The minimum absolute atomic E-state index is 0.214. The van der Waals surface area contributed by atoms with Gasteiger partial charge in [-0.2, -0.15) is 5.26 Å². The monoisotopic (exact) mass is 385 g/mol. The number of hydrogen-bond donors (Lipinski definition) is 0. The molecule has 0 atom stereocenters. The number of nitrogens with zero attached hydrogens (tertiary/aromatic N) is 5. The van der Waals surface area contributed by atoms with Gasteiger partial charge in [0.15, 0.2) is 16.6 Å². The molecule has 0 radical (unpaired) electrons. The van der Waals surface area contributed by atoms with E-state index in [1.807, 2.05) is 18.2 Å². The van der Waals surface area contributed by atoms with Crippen molar-refractivity contribution in [2.75, 3.05) is 0 Å². The van der Waals surface area contributed by atoms with Gasteiger partial charge in [0.1, 0.15) is 11.1 Å². The topological polar surface area (TPSA) is 80.5 Å². The molecule has 3 heterocycles.